The second-order valence-electron chi connectivity index (χ2n) is 4.64. The van der Waals surface area contributed by atoms with E-state index in [0.717, 1.165) is 18.7 Å². The summed E-state index contributed by atoms with van der Waals surface area (Å²) in [6.07, 6.45) is 1.35. The number of likely N-dealkylation sites (tertiary alicyclic amines) is 1. The van der Waals surface area contributed by atoms with E-state index < -0.39 is 5.97 Å². The van der Waals surface area contributed by atoms with Crippen molar-refractivity contribution in [2.75, 3.05) is 13.1 Å². The lowest BCUT2D eigenvalue weighted by molar-refractivity contribution is -0.143. The summed E-state index contributed by atoms with van der Waals surface area (Å²) in [5.74, 6) is -1.18. The molecule has 1 aromatic rings. The van der Waals surface area contributed by atoms with Gasteiger partial charge in [0, 0.05) is 6.54 Å². The zero-order valence-corrected chi connectivity index (χ0v) is 12.7. The van der Waals surface area contributed by atoms with Crippen molar-refractivity contribution < 1.29 is 14.3 Å². The minimum absolute atomic E-state index is 0. The molecule has 1 N–H and O–H groups in total. The molecule has 2 rings (SSSR count). The molecule has 6 heteroatoms. The highest BCUT2D eigenvalue weighted by molar-refractivity contribution is 9.10. The van der Waals surface area contributed by atoms with Gasteiger partial charge in [-0.15, -0.1) is 12.4 Å². The van der Waals surface area contributed by atoms with Gasteiger partial charge in [0.05, 0.1) is 10.4 Å². The van der Waals surface area contributed by atoms with Crippen molar-refractivity contribution in [1.82, 2.24) is 4.90 Å². The molecule has 0 atom stereocenters. The molecule has 0 unspecified atom stereocenters. The van der Waals surface area contributed by atoms with Crippen LogP contribution in [-0.2, 0) is 11.3 Å². The normalized spacial score (nSPS) is 16.9. The number of aliphatic carboxylic acids is 1. The molecule has 0 saturated carbocycles. The molecular formula is C13H16BrClFNO2. The highest BCUT2D eigenvalue weighted by atomic mass is 79.9. The molecule has 0 spiro atoms. The lowest BCUT2D eigenvalue weighted by atomic mass is 9.97. The van der Waals surface area contributed by atoms with Crippen LogP contribution in [0.1, 0.15) is 18.4 Å². The van der Waals surface area contributed by atoms with E-state index in [4.69, 9.17) is 5.11 Å². The van der Waals surface area contributed by atoms with Gasteiger partial charge < -0.3 is 5.11 Å². The summed E-state index contributed by atoms with van der Waals surface area (Å²) in [5, 5.41) is 8.91. The summed E-state index contributed by atoms with van der Waals surface area (Å²) in [5.41, 5.74) is 0.921. The predicted octanol–water partition coefficient (Wildman–Crippen LogP) is 3.31. The van der Waals surface area contributed by atoms with Gasteiger partial charge >= 0.3 is 5.97 Å². The van der Waals surface area contributed by atoms with Crippen molar-refractivity contribution in [1.29, 1.82) is 0 Å². The lowest BCUT2D eigenvalue weighted by Gasteiger charge is -2.30. The van der Waals surface area contributed by atoms with Crippen LogP contribution >= 0.6 is 28.3 Å². The van der Waals surface area contributed by atoms with Gasteiger partial charge in [0.25, 0.3) is 0 Å². The largest absolute Gasteiger partial charge is 0.481 e. The molecule has 1 aliphatic heterocycles. The van der Waals surface area contributed by atoms with E-state index in [1.807, 2.05) is 6.07 Å². The first-order valence-corrected chi connectivity index (χ1v) is 6.74. The Morgan fingerprint density at radius 3 is 2.58 bits per heavy atom. The molecule has 1 aromatic carbocycles. The maximum Gasteiger partial charge on any atom is 0.306 e. The Kier molecular flexibility index (Phi) is 6.23. The topological polar surface area (TPSA) is 40.5 Å². The smallest absolute Gasteiger partial charge is 0.306 e. The summed E-state index contributed by atoms with van der Waals surface area (Å²) in [7, 11) is 0. The van der Waals surface area contributed by atoms with Gasteiger partial charge in [-0.05, 0) is 59.6 Å². The molecule has 0 bridgehead atoms. The van der Waals surface area contributed by atoms with E-state index >= 15 is 0 Å². The molecule has 0 aliphatic carbocycles. The SMILES string of the molecule is Cl.O=C(O)C1CCN(Cc2ccc(Br)c(F)c2)CC1. The van der Waals surface area contributed by atoms with Crippen molar-refractivity contribution in [3.05, 3.63) is 34.1 Å². The Labute approximate surface area is 126 Å². The van der Waals surface area contributed by atoms with Crippen LogP contribution in [0.4, 0.5) is 4.39 Å². The second-order valence-corrected chi connectivity index (χ2v) is 5.49. The third-order valence-electron chi connectivity index (χ3n) is 3.33. The van der Waals surface area contributed by atoms with Crippen LogP contribution in [0.2, 0.25) is 0 Å². The van der Waals surface area contributed by atoms with Crippen molar-refractivity contribution in [3.63, 3.8) is 0 Å². The fourth-order valence-electron chi connectivity index (χ4n) is 2.23. The molecule has 0 aromatic heterocycles. The monoisotopic (exact) mass is 351 g/mol. The average Bonchev–Trinajstić information content (AvgIpc) is 2.34. The highest BCUT2D eigenvalue weighted by Gasteiger charge is 2.24. The number of benzene rings is 1. The van der Waals surface area contributed by atoms with Gasteiger partial charge in [-0.2, -0.15) is 0 Å². The maximum absolute atomic E-state index is 13.4. The Balaban J connectivity index is 0.00000180. The minimum atomic E-state index is -0.704. The van der Waals surface area contributed by atoms with Gasteiger partial charge in [-0.25, -0.2) is 4.39 Å². The quantitative estimate of drug-likeness (QED) is 0.907. The van der Waals surface area contributed by atoms with E-state index in [9.17, 15) is 9.18 Å². The Morgan fingerprint density at radius 2 is 2.05 bits per heavy atom. The molecule has 0 amide bonds. The number of carboxylic acid groups (broad SMARTS) is 1. The van der Waals surface area contributed by atoms with Gasteiger partial charge in [-0.3, -0.25) is 9.69 Å². The Bertz CT molecular complexity index is 450. The van der Waals surface area contributed by atoms with Crippen LogP contribution in [0.3, 0.4) is 0 Å². The summed E-state index contributed by atoms with van der Waals surface area (Å²) in [6, 6.07) is 5.11. The first kappa shape index (κ1) is 16.4. The molecule has 3 nitrogen and oxygen atoms in total. The van der Waals surface area contributed by atoms with E-state index in [1.54, 1.807) is 6.07 Å². The molecule has 106 valence electrons. The number of hydrogen-bond acceptors (Lipinski definition) is 2. The van der Waals surface area contributed by atoms with Crippen LogP contribution in [0.5, 0.6) is 0 Å². The van der Waals surface area contributed by atoms with E-state index in [0.29, 0.717) is 23.9 Å². The number of halogens is 3. The number of rotatable bonds is 3. The summed E-state index contributed by atoms with van der Waals surface area (Å²) >= 11 is 3.12. The standard InChI is InChI=1S/C13H15BrFNO2.ClH/c14-11-2-1-9(7-12(11)15)8-16-5-3-10(4-6-16)13(17)18;/h1-2,7,10H,3-6,8H2,(H,17,18);1H. The van der Waals surface area contributed by atoms with E-state index in [2.05, 4.69) is 20.8 Å². The Hall–Kier alpha value is -0.650. The third kappa shape index (κ3) is 4.44. The molecule has 0 radical (unpaired) electrons. The van der Waals surface area contributed by atoms with Gasteiger partial charge in [0.2, 0.25) is 0 Å². The van der Waals surface area contributed by atoms with E-state index in [-0.39, 0.29) is 24.1 Å². The zero-order chi connectivity index (χ0) is 13.1. The molecule has 1 aliphatic rings. The number of hydrogen-bond donors (Lipinski definition) is 1. The van der Waals surface area contributed by atoms with Gasteiger partial charge in [-0.1, -0.05) is 6.07 Å². The summed E-state index contributed by atoms with van der Waals surface area (Å²) in [4.78, 5) is 13.0. The number of carboxylic acids is 1. The first-order chi connectivity index (χ1) is 8.56. The number of carbonyl (C=O) groups is 1. The average molecular weight is 353 g/mol. The van der Waals surface area contributed by atoms with Crippen molar-refractivity contribution in [2.24, 2.45) is 5.92 Å². The minimum Gasteiger partial charge on any atom is -0.481 e. The van der Waals surface area contributed by atoms with Crippen LogP contribution < -0.4 is 0 Å². The molecule has 1 saturated heterocycles. The van der Waals surface area contributed by atoms with Gasteiger partial charge in [0.1, 0.15) is 5.82 Å². The molecular weight excluding hydrogens is 337 g/mol. The van der Waals surface area contributed by atoms with Crippen LogP contribution in [0, 0.1) is 11.7 Å². The van der Waals surface area contributed by atoms with Crippen molar-refractivity contribution >= 4 is 34.3 Å². The third-order valence-corrected chi connectivity index (χ3v) is 3.97. The molecule has 1 heterocycles. The van der Waals surface area contributed by atoms with Crippen molar-refractivity contribution in [2.45, 2.75) is 19.4 Å². The first-order valence-electron chi connectivity index (χ1n) is 5.95. The molecule has 1 fully saturated rings. The summed E-state index contributed by atoms with van der Waals surface area (Å²) in [6.45, 7) is 2.19. The molecule has 19 heavy (non-hydrogen) atoms. The fourth-order valence-corrected chi connectivity index (χ4v) is 2.48. The van der Waals surface area contributed by atoms with Crippen molar-refractivity contribution in [3.8, 4) is 0 Å². The lowest BCUT2D eigenvalue weighted by Crippen LogP contribution is -2.35. The van der Waals surface area contributed by atoms with Gasteiger partial charge in [0.15, 0.2) is 0 Å². The van der Waals surface area contributed by atoms with Crippen LogP contribution in [0.25, 0.3) is 0 Å². The fraction of sp³-hybridized carbons (Fsp3) is 0.462. The summed E-state index contributed by atoms with van der Waals surface area (Å²) < 4.78 is 13.8. The Morgan fingerprint density at radius 1 is 1.42 bits per heavy atom. The highest BCUT2D eigenvalue weighted by Crippen LogP contribution is 2.21. The van der Waals surface area contributed by atoms with Crippen LogP contribution in [-0.4, -0.2) is 29.1 Å². The number of piperidine rings is 1. The maximum atomic E-state index is 13.4. The van der Waals surface area contributed by atoms with E-state index in [1.165, 1.54) is 6.07 Å². The number of nitrogens with zero attached hydrogens (tertiary/aromatic N) is 1. The zero-order valence-electron chi connectivity index (χ0n) is 10.3. The second kappa shape index (κ2) is 7.22. The van der Waals surface area contributed by atoms with Crippen LogP contribution in [0.15, 0.2) is 22.7 Å². The predicted molar refractivity (Wildman–Crippen MR) is 77.0 cm³/mol.